The molecule has 6 heteroatoms. The van der Waals surface area contributed by atoms with Gasteiger partial charge >= 0.3 is 0 Å². The van der Waals surface area contributed by atoms with Gasteiger partial charge in [0.05, 0.1) is 4.47 Å². The summed E-state index contributed by atoms with van der Waals surface area (Å²) in [6.07, 6.45) is 7.35. The van der Waals surface area contributed by atoms with Crippen molar-refractivity contribution in [2.75, 3.05) is 0 Å². The van der Waals surface area contributed by atoms with Crippen molar-refractivity contribution in [1.82, 2.24) is 19.4 Å². The predicted molar refractivity (Wildman–Crippen MR) is 61.8 cm³/mol. The van der Waals surface area contributed by atoms with E-state index in [1.165, 1.54) is 0 Å². The minimum absolute atomic E-state index is 0.684. The highest BCUT2D eigenvalue weighted by Crippen LogP contribution is 2.21. The maximum absolute atomic E-state index is 4.38. The van der Waals surface area contributed by atoms with E-state index in [2.05, 4.69) is 30.9 Å². The highest BCUT2D eigenvalue weighted by atomic mass is 79.9. The lowest BCUT2D eigenvalue weighted by atomic mass is 10.5. The van der Waals surface area contributed by atoms with Crippen molar-refractivity contribution in [2.24, 2.45) is 0 Å². The van der Waals surface area contributed by atoms with E-state index < -0.39 is 0 Å². The van der Waals surface area contributed by atoms with Gasteiger partial charge < -0.3 is 0 Å². The number of hydrogen-bond donors (Lipinski definition) is 0. The summed E-state index contributed by atoms with van der Waals surface area (Å²) < 4.78 is 2.80. The third kappa shape index (κ3) is 1.55. The minimum Gasteiger partial charge on any atom is -0.289 e. The molecule has 0 saturated heterocycles. The predicted octanol–water partition coefficient (Wildman–Crippen LogP) is 2.62. The van der Waals surface area contributed by atoms with Crippen LogP contribution in [0, 0.1) is 0 Å². The monoisotopic (exact) mass is 280 g/mol. The Hall–Kier alpha value is -1.27. The van der Waals surface area contributed by atoms with Crippen LogP contribution in [0.3, 0.4) is 0 Å². The van der Waals surface area contributed by atoms with Crippen molar-refractivity contribution in [3.05, 3.63) is 34.6 Å². The molecule has 0 aliphatic rings. The second kappa shape index (κ2) is 3.39. The molecule has 0 saturated carbocycles. The zero-order valence-electron chi connectivity index (χ0n) is 7.46. The van der Waals surface area contributed by atoms with Gasteiger partial charge in [0.25, 0.3) is 0 Å². The van der Waals surface area contributed by atoms with Gasteiger partial charge in [-0.25, -0.2) is 15.0 Å². The van der Waals surface area contributed by atoms with Gasteiger partial charge in [-0.05, 0) is 15.9 Å². The number of fused-ring (bicyclic) bond motifs is 1. The first-order valence-electron chi connectivity index (χ1n) is 4.23. The zero-order valence-corrected chi connectivity index (χ0v) is 9.86. The van der Waals surface area contributed by atoms with Crippen LogP contribution < -0.4 is 0 Å². The molecule has 0 aliphatic heterocycles. The smallest absolute Gasteiger partial charge is 0.234 e. The third-order valence-electron chi connectivity index (χ3n) is 1.93. The third-order valence-corrected chi connectivity index (χ3v) is 3.14. The largest absolute Gasteiger partial charge is 0.289 e. The van der Waals surface area contributed by atoms with E-state index in [9.17, 15) is 0 Å². The first kappa shape index (κ1) is 8.99. The van der Waals surface area contributed by atoms with Crippen LogP contribution >= 0.6 is 27.3 Å². The molecule has 0 aromatic carbocycles. The molecule has 15 heavy (non-hydrogen) atoms. The van der Waals surface area contributed by atoms with E-state index >= 15 is 0 Å². The lowest BCUT2D eigenvalue weighted by molar-refractivity contribution is 1.10. The number of hydrogen-bond acceptors (Lipinski definition) is 4. The summed E-state index contributed by atoms with van der Waals surface area (Å²) >= 11 is 4.94. The average molecular weight is 281 g/mol. The average Bonchev–Trinajstić information content (AvgIpc) is 2.84. The molecule has 4 nitrogen and oxygen atoms in total. The van der Waals surface area contributed by atoms with Gasteiger partial charge in [0.1, 0.15) is 10.7 Å². The molecule has 0 N–H and O–H groups in total. The Balaban J connectivity index is 2.22. The van der Waals surface area contributed by atoms with Crippen LogP contribution in [-0.4, -0.2) is 19.4 Å². The number of imidazole rings is 1. The molecule has 0 amide bonds. The molecule has 3 aromatic heterocycles. The topological polar surface area (TPSA) is 43.1 Å². The molecule has 0 atom stereocenters. The van der Waals surface area contributed by atoms with Gasteiger partial charge in [-0.3, -0.25) is 4.40 Å². The standard InChI is InChI=1S/C9H5BrN4S/c10-6-3-12-9-13-7(5-14(9)4-6)8-11-1-2-15-8/h1-5H. The van der Waals surface area contributed by atoms with Crippen LogP contribution in [-0.2, 0) is 0 Å². The summed E-state index contributed by atoms with van der Waals surface area (Å²) in [4.78, 5) is 12.8. The molecule has 3 rings (SSSR count). The van der Waals surface area contributed by atoms with Crippen molar-refractivity contribution >= 4 is 33.0 Å². The Morgan fingerprint density at radius 1 is 1.27 bits per heavy atom. The summed E-state index contributed by atoms with van der Waals surface area (Å²) in [5.74, 6) is 0.684. The van der Waals surface area contributed by atoms with Crippen molar-refractivity contribution in [3.63, 3.8) is 0 Å². The molecule has 0 bridgehead atoms. The van der Waals surface area contributed by atoms with Crippen LogP contribution in [0.5, 0.6) is 0 Å². The Kier molecular flexibility index (Phi) is 2.03. The summed E-state index contributed by atoms with van der Waals surface area (Å²) in [5.41, 5.74) is 0.857. The first-order valence-corrected chi connectivity index (χ1v) is 5.90. The maximum atomic E-state index is 4.38. The van der Waals surface area contributed by atoms with Crippen LogP contribution in [0.4, 0.5) is 0 Å². The summed E-state index contributed by atoms with van der Waals surface area (Å²) in [7, 11) is 0. The quantitative estimate of drug-likeness (QED) is 0.688. The molecule has 0 aliphatic carbocycles. The molecule has 0 spiro atoms. The fourth-order valence-electron chi connectivity index (χ4n) is 1.31. The second-order valence-corrected chi connectivity index (χ2v) is 4.75. The van der Waals surface area contributed by atoms with Crippen LogP contribution in [0.15, 0.2) is 34.6 Å². The molecular weight excluding hydrogens is 276 g/mol. The number of aromatic nitrogens is 4. The highest BCUT2D eigenvalue weighted by Gasteiger charge is 2.06. The molecule has 0 unspecified atom stereocenters. The fraction of sp³-hybridized carbons (Fsp3) is 0. The Morgan fingerprint density at radius 2 is 2.20 bits per heavy atom. The zero-order chi connectivity index (χ0) is 10.3. The van der Waals surface area contributed by atoms with E-state index in [4.69, 9.17) is 0 Å². The Bertz CT molecular complexity index is 602. The van der Waals surface area contributed by atoms with Crippen molar-refractivity contribution in [3.8, 4) is 10.7 Å². The van der Waals surface area contributed by atoms with Crippen LogP contribution in [0.1, 0.15) is 0 Å². The molecule has 0 fully saturated rings. The minimum atomic E-state index is 0.684. The maximum Gasteiger partial charge on any atom is 0.234 e. The highest BCUT2D eigenvalue weighted by molar-refractivity contribution is 9.10. The van der Waals surface area contributed by atoms with Gasteiger partial charge in [0, 0.05) is 30.2 Å². The van der Waals surface area contributed by atoms with Crippen molar-refractivity contribution in [1.29, 1.82) is 0 Å². The van der Waals surface area contributed by atoms with Gasteiger partial charge in [-0.15, -0.1) is 11.3 Å². The normalized spacial score (nSPS) is 11.0. The molecule has 3 aromatic rings. The van der Waals surface area contributed by atoms with E-state index in [-0.39, 0.29) is 0 Å². The SMILES string of the molecule is Brc1cnc2nc(-c3nccs3)cn2c1. The van der Waals surface area contributed by atoms with Crippen molar-refractivity contribution in [2.45, 2.75) is 0 Å². The van der Waals surface area contributed by atoms with E-state index in [1.807, 2.05) is 22.2 Å². The second-order valence-electron chi connectivity index (χ2n) is 2.94. The first-order chi connectivity index (χ1) is 7.33. The van der Waals surface area contributed by atoms with E-state index in [0.29, 0.717) is 5.78 Å². The van der Waals surface area contributed by atoms with E-state index in [1.54, 1.807) is 23.7 Å². The molecule has 3 heterocycles. The van der Waals surface area contributed by atoms with Gasteiger partial charge in [-0.1, -0.05) is 0 Å². The van der Waals surface area contributed by atoms with Crippen LogP contribution in [0.2, 0.25) is 0 Å². The van der Waals surface area contributed by atoms with Gasteiger partial charge in [0.2, 0.25) is 5.78 Å². The van der Waals surface area contributed by atoms with E-state index in [0.717, 1.165) is 15.2 Å². The summed E-state index contributed by atoms with van der Waals surface area (Å²) in [5, 5.41) is 2.85. The number of rotatable bonds is 1. The van der Waals surface area contributed by atoms with Gasteiger partial charge in [0.15, 0.2) is 0 Å². The summed E-state index contributed by atoms with van der Waals surface area (Å²) in [6, 6.07) is 0. The molecule has 0 radical (unpaired) electrons. The molecule has 74 valence electrons. The van der Waals surface area contributed by atoms with Gasteiger partial charge in [-0.2, -0.15) is 0 Å². The Labute approximate surface area is 97.8 Å². The fourth-order valence-corrected chi connectivity index (χ4v) is 2.23. The summed E-state index contributed by atoms with van der Waals surface area (Å²) in [6.45, 7) is 0. The van der Waals surface area contributed by atoms with Crippen molar-refractivity contribution < 1.29 is 0 Å². The molecular formula is C9H5BrN4S. The lowest BCUT2D eigenvalue weighted by Crippen LogP contribution is -1.85. The number of thiazole rings is 1. The number of halogens is 1. The lowest BCUT2D eigenvalue weighted by Gasteiger charge is -1.90. The number of nitrogens with zero attached hydrogens (tertiary/aromatic N) is 4. The Morgan fingerprint density at radius 3 is 3.00 bits per heavy atom. The van der Waals surface area contributed by atoms with Crippen LogP contribution in [0.25, 0.3) is 16.5 Å².